The third-order valence-corrected chi connectivity index (χ3v) is 4.67. The zero-order valence-corrected chi connectivity index (χ0v) is 14.7. The highest BCUT2D eigenvalue weighted by atomic mass is 32.1. The van der Waals surface area contributed by atoms with Crippen molar-refractivity contribution in [2.24, 2.45) is 7.05 Å². The van der Waals surface area contributed by atoms with E-state index >= 15 is 0 Å². The van der Waals surface area contributed by atoms with Crippen LogP contribution in [0.5, 0.6) is 5.75 Å². The number of nitrogens with one attached hydrogen (secondary N) is 1. The molecule has 124 valence electrons. The summed E-state index contributed by atoms with van der Waals surface area (Å²) >= 11 is 1.43. The molecule has 0 fully saturated rings. The summed E-state index contributed by atoms with van der Waals surface area (Å²) in [4.78, 5) is 14.3. The molecule has 3 rings (SSSR count). The van der Waals surface area contributed by atoms with Gasteiger partial charge in [0.15, 0.2) is 0 Å². The van der Waals surface area contributed by atoms with Gasteiger partial charge in [-0.1, -0.05) is 30.3 Å². The lowest BCUT2D eigenvalue weighted by Crippen LogP contribution is -2.14. The van der Waals surface area contributed by atoms with Gasteiger partial charge < -0.3 is 10.1 Å². The summed E-state index contributed by atoms with van der Waals surface area (Å²) in [6, 6.07) is 13.7. The average Bonchev–Trinajstić information content (AvgIpc) is 3.12. The van der Waals surface area contributed by atoms with Gasteiger partial charge in [0.05, 0.1) is 12.3 Å². The molecular formula is C18H19N3O2S. The number of nitrogens with zero attached hydrogens (tertiary/aromatic N) is 2. The molecule has 2 aromatic heterocycles. The van der Waals surface area contributed by atoms with Crippen molar-refractivity contribution < 1.29 is 9.53 Å². The molecule has 0 bridgehead atoms. The maximum absolute atomic E-state index is 12.7. The number of aryl methyl sites for hydroxylation is 2. The van der Waals surface area contributed by atoms with Gasteiger partial charge in [-0.25, -0.2) is 0 Å². The Morgan fingerprint density at radius 3 is 2.67 bits per heavy atom. The predicted molar refractivity (Wildman–Crippen MR) is 96.8 cm³/mol. The van der Waals surface area contributed by atoms with Crippen LogP contribution in [-0.2, 0) is 7.05 Å². The standard InChI is InChI=1S/C18H19N3O2S/c1-4-23-14-11-15(13-8-6-5-7-9-13)24-17(14)18(22)19-16-10-12(2)20-21(16)3/h5-11H,4H2,1-3H3,(H,19,22). The number of aromatic nitrogens is 2. The molecule has 1 N–H and O–H groups in total. The van der Waals surface area contributed by atoms with E-state index in [2.05, 4.69) is 10.4 Å². The minimum absolute atomic E-state index is 0.186. The minimum atomic E-state index is -0.186. The van der Waals surface area contributed by atoms with E-state index in [1.54, 1.807) is 11.7 Å². The Hall–Kier alpha value is -2.60. The Balaban J connectivity index is 1.92. The van der Waals surface area contributed by atoms with E-state index in [0.29, 0.717) is 23.1 Å². The summed E-state index contributed by atoms with van der Waals surface area (Å²) < 4.78 is 7.31. The number of carbonyl (C=O) groups excluding carboxylic acids is 1. The van der Waals surface area contributed by atoms with Gasteiger partial charge in [-0.2, -0.15) is 5.10 Å². The Morgan fingerprint density at radius 1 is 1.29 bits per heavy atom. The van der Waals surface area contributed by atoms with Crippen LogP contribution in [0.4, 0.5) is 5.82 Å². The van der Waals surface area contributed by atoms with Gasteiger partial charge in [-0.05, 0) is 25.5 Å². The number of ether oxygens (including phenoxy) is 1. The molecule has 1 aromatic carbocycles. The van der Waals surface area contributed by atoms with Gasteiger partial charge in [-0.15, -0.1) is 11.3 Å². The van der Waals surface area contributed by atoms with Crippen LogP contribution >= 0.6 is 11.3 Å². The van der Waals surface area contributed by atoms with E-state index in [4.69, 9.17) is 4.74 Å². The molecule has 2 heterocycles. The first-order chi connectivity index (χ1) is 11.6. The lowest BCUT2D eigenvalue weighted by Gasteiger charge is -2.06. The molecule has 0 unspecified atom stereocenters. The van der Waals surface area contributed by atoms with E-state index in [1.807, 2.05) is 56.3 Å². The molecule has 0 saturated carbocycles. The summed E-state index contributed by atoms with van der Waals surface area (Å²) in [6.07, 6.45) is 0. The first-order valence-electron chi connectivity index (χ1n) is 7.72. The van der Waals surface area contributed by atoms with E-state index in [9.17, 15) is 4.79 Å². The van der Waals surface area contributed by atoms with Gasteiger partial charge in [0.2, 0.25) is 0 Å². The van der Waals surface area contributed by atoms with Crippen LogP contribution in [0.15, 0.2) is 42.5 Å². The average molecular weight is 341 g/mol. The first-order valence-corrected chi connectivity index (χ1v) is 8.54. The molecule has 3 aromatic rings. The molecule has 1 amide bonds. The fraction of sp³-hybridized carbons (Fsp3) is 0.222. The normalized spacial score (nSPS) is 10.6. The number of benzene rings is 1. The Bertz CT molecular complexity index is 853. The second-order valence-corrected chi connectivity index (χ2v) is 6.40. The third kappa shape index (κ3) is 3.33. The van der Waals surface area contributed by atoms with E-state index in [1.165, 1.54) is 11.3 Å². The molecule has 0 spiro atoms. The molecule has 5 nitrogen and oxygen atoms in total. The Kier molecular flexibility index (Phi) is 4.66. The van der Waals surface area contributed by atoms with Crippen LogP contribution in [0.1, 0.15) is 22.3 Å². The van der Waals surface area contributed by atoms with Crippen LogP contribution < -0.4 is 10.1 Å². The topological polar surface area (TPSA) is 56.1 Å². The van der Waals surface area contributed by atoms with E-state index < -0.39 is 0 Å². The molecule has 0 atom stereocenters. The van der Waals surface area contributed by atoms with Gasteiger partial charge >= 0.3 is 0 Å². The highest BCUT2D eigenvalue weighted by Gasteiger charge is 2.19. The summed E-state index contributed by atoms with van der Waals surface area (Å²) in [6.45, 7) is 4.31. The maximum Gasteiger partial charge on any atom is 0.270 e. The van der Waals surface area contributed by atoms with Crippen molar-refractivity contribution in [3.63, 3.8) is 0 Å². The number of carbonyl (C=O) groups is 1. The zero-order chi connectivity index (χ0) is 17.1. The fourth-order valence-electron chi connectivity index (χ4n) is 2.44. The molecule has 0 aliphatic carbocycles. The Labute approximate surface area is 144 Å². The zero-order valence-electron chi connectivity index (χ0n) is 13.9. The van der Waals surface area contributed by atoms with E-state index in [0.717, 1.165) is 16.1 Å². The second kappa shape index (κ2) is 6.88. The van der Waals surface area contributed by atoms with Crippen molar-refractivity contribution in [2.75, 3.05) is 11.9 Å². The maximum atomic E-state index is 12.7. The van der Waals surface area contributed by atoms with Crippen LogP contribution in [0.25, 0.3) is 10.4 Å². The number of amides is 1. The van der Waals surface area contributed by atoms with Crippen molar-refractivity contribution in [3.8, 4) is 16.2 Å². The largest absolute Gasteiger partial charge is 0.492 e. The van der Waals surface area contributed by atoms with Crippen LogP contribution in [0.2, 0.25) is 0 Å². The first kappa shape index (κ1) is 16.3. The van der Waals surface area contributed by atoms with Crippen molar-refractivity contribution in [1.29, 1.82) is 0 Å². The number of hydrogen-bond acceptors (Lipinski definition) is 4. The number of anilines is 1. The molecule has 0 saturated heterocycles. The summed E-state index contributed by atoms with van der Waals surface area (Å²) in [7, 11) is 1.80. The molecule has 6 heteroatoms. The fourth-order valence-corrected chi connectivity index (χ4v) is 3.44. The number of thiophene rings is 1. The molecule has 0 radical (unpaired) electrons. The van der Waals surface area contributed by atoms with Gasteiger partial charge in [0.25, 0.3) is 5.91 Å². The highest BCUT2D eigenvalue weighted by molar-refractivity contribution is 7.17. The SMILES string of the molecule is CCOc1cc(-c2ccccc2)sc1C(=O)Nc1cc(C)nn1C. The molecule has 0 aliphatic heterocycles. The second-order valence-electron chi connectivity index (χ2n) is 5.35. The highest BCUT2D eigenvalue weighted by Crippen LogP contribution is 2.36. The van der Waals surface area contributed by atoms with Crippen LogP contribution in [-0.4, -0.2) is 22.3 Å². The summed E-state index contributed by atoms with van der Waals surface area (Å²) in [5, 5.41) is 7.15. The van der Waals surface area contributed by atoms with Crippen LogP contribution in [0, 0.1) is 6.92 Å². The number of rotatable bonds is 5. The van der Waals surface area contributed by atoms with Crippen molar-refractivity contribution in [1.82, 2.24) is 9.78 Å². The molecule has 24 heavy (non-hydrogen) atoms. The number of hydrogen-bond donors (Lipinski definition) is 1. The van der Waals surface area contributed by atoms with Crippen molar-refractivity contribution in [2.45, 2.75) is 13.8 Å². The minimum Gasteiger partial charge on any atom is -0.492 e. The van der Waals surface area contributed by atoms with Crippen LogP contribution in [0.3, 0.4) is 0 Å². The monoisotopic (exact) mass is 341 g/mol. The Morgan fingerprint density at radius 2 is 2.04 bits per heavy atom. The summed E-state index contributed by atoms with van der Waals surface area (Å²) in [5.41, 5.74) is 1.92. The van der Waals surface area contributed by atoms with Gasteiger partial charge in [-0.3, -0.25) is 9.48 Å². The molecule has 0 aliphatic rings. The predicted octanol–water partition coefficient (Wildman–Crippen LogP) is 4.11. The summed E-state index contributed by atoms with van der Waals surface area (Å²) in [5.74, 6) is 1.08. The lowest BCUT2D eigenvalue weighted by atomic mass is 10.2. The quantitative estimate of drug-likeness (QED) is 0.760. The lowest BCUT2D eigenvalue weighted by molar-refractivity contribution is 0.102. The van der Waals surface area contributed by atoms with Gasteiger partial charge in [0, 0.05) is 18.0 Å². The third-order valence-electron chi connectivity index (χ3n) is 3.51. The van der Waals surface area contributed by atoms with E-state index in [-0.39, 0.29) is 5.91 Å². The van der Waals surface area contributed by atoms with Gasteiger partial charge in [0.1, 0.15) is 16.4 Å². The molecular weight excluding hydrogens is 322 g/mol. The van der Waals surface area contributed by atoms with Crippen molar-refractivity contribution in [3.05, 3.63) is 53.0 Å². The van der Waals surface area contributed by atoms with Crippen molar-refractivity contribution >= 4 is 23.1 Å². The smallest absolute Gasteiger partial charge is 0.270 e.